The summed E-state index contributed by atoms with van der Waals surface area (Å²) in [5, 5.41) is 4.03. The largest absolute Gasteiger partial charge is 0.457 e. The van der Waals surface area contributed by atoms with Gasteiger partial charge in [0.05, 0.1) is 0 Å². The van der Waals surface area contributed by atoms with Crippen LogP contribution in [-0.4, -0.2) is 11.5 Å². The Bertz CT molecular complexity index is 572. The first-order chi connectivity index (χ1) is 9.70. The number of benzene rings is 1. The van der Waals surface area contributed by atoms with Gasteiger partial charge in [0, 0.05) is 29.5 Å². The summed E-state index contributed by atoms with van der Waals surface area (Å²) in [6.45, 7) is 5.87. The molecule has 20 heavy (non-hydrogen) atoms. The molecule has 0 aliphatic rings. The van der Waals surface area contributed by atoms with Gasteiger partial charge in [0.15, 0.2) is 0 Å². The van der Waals surface area contributed by atoms with Gasteiger partial charge in [-0.25, -0.2) is 0 Å². The maximum absolute atomic E-state index is 6.02. The van der Waals surface area contributed by atoms with Crippen LogP contribution in [0.25, 0.3) is 0 Å². The minimum atomic E-state index is 0.672. The highest BCUT2D eigenvalue weighted by Gasteiger charge is 2.07. The van der Waals surface area contributed by atoms with Crippen molar-refractivity contribution in [3.05, 3.63) is 52.8 Å². The summed E-state index contributed by atoms with van der Waals surface area (Å²) in [5.41, 5.74) is 2.10. The highest BCUT2D eigenvalue weighted by Crippen LogP contribution is 2.29. The molecular weight excluding hydrogens is 272 g/mol. The second-order valence-electron chi connectivity index (χ2n) is 4.67. The van der Waals surface area contributed by atoms with Crippen molar-refractivity contribution in [3.63, 3.8) is 0 Å². The molecule has 0 saturated carbocycles. The lowest BCUT2D eigenvalue weighted by molar-refractivity contribution is 0.468. The molecule has 4 heteroatoms. The number of hydrogen-bond donors (Lipinski definition) is 1. The van der Waals surface area contributed by atoms with E-state index in [1.807, 2.05) is 37.4 Å². The second-order valence-corrected chi connectivity index (χ2v) is 5.11. The monoisotopic (exact) mass is 290 g/mol. The van der Waals surface area contributed by atoms with Crippen molar-refractivity contribution < 1.29 is 4.74 Å². The fourth-order valence-electron chi connectivity index (χ4n) is 1.85. The lowest BCUT2D eigenvalue weighted by Crippen LogP contribution is -2.14. The number of aryl methyl sites for hydroxylation is 1. The number of pyridine rings is 1. The van der Waals surface area contributed by atoms with Gasteiger partial charge in [-0.3, -0.25) is 4.98 Å². The predicted molar refractivity (Wildman–Crippen MR) is 82.5 cm³/mol. The molecule has 0 radical (unpaired) electrons. The van der Waals surface area contributed by atoms with Crippen molar-refractivity contribution in [1.29, 1.82) is 0 Å². The Balaban J connectivity index is 2.18. The van der Waals surface area contributed by atoms with E-state index in [2.05, 4.69) is 17.2 Å². The summed E-state index contributed by atoms with van der Waals surface area (Å²) < 4.78 is 5.99. The van der Waals surface area contributed by atoms with E-state index in [4.69, 9.17) is 16.3 Å². The second kappa shape index (κ2) is 7.27. The first-order valence-corrected chi connectivity index (χ1v) is 7.16. The van der Waals surface area contributed by atoms with Gasteiger partial charge >= 0.3 is 0 Å². The molecule has 0 unspecified atom stereocenters. The molecule has 1 heterocycles. The minimum absolute atomic E-state index is 0.672. The van der Waals surface area contributed by atoms with E-state index in [1.54, 1.807) is 6.20 Å². The maximum Gasteiger partial charge on any atom is 0.135 e. The smallest absolute Gasteiger partial charge is 0.135 e. The normalized spacial score (nSPS) is 10.6. The Morgan fingerprint density at radius 3 is 2.90 bits per heavy atom. The van der Waals surface area contributed by atoms with Gasteiger partial charge in [0.1, 0.15) is 11.5 Å². The van der Waals surface area contributed by atoms with E-state index < -0.39 is 0 Å². The zero-order chi connectivity index (χ0) is 14.4. The van der Waals surface area contributed by atoms with Crippen LogP contribution >= 0.6 is 11.6 Å². The molecule has 1 aromatic carbocycles. The van der Waals surface area contributed by atoms with E-state index in [1.165, 1.54) is 0 Å². The third kappa shape index (κ3) is 3.95. The molecule has 2 rings (SSSR count). The van der Waals surface area contributed by atoms with Gasteiger partial charge in [-0.1, -0.05) is 24.6 Å². The summed E-state index contributed by atoms with van der Waals surface area (Å²) in [6, 6.07) is 7.53. The standard InChI is InChI=1S/C16H19ClN2O/c1-3-7-18-10-13-11-19-8-6-15(13)20-16-9-14(17)5-4-12(16)2/h4-6,8-9,11,18H,3,7,10H2,1-2H3. The van der Waals surface area contributed by atoms with Crippen molar-refractivity contribution in [1.82, 2.24) is 10.3 Å². The molecule has 2 aromatic rings. The van der Waals surface area contributed by atoms with Crippen LogP contribution in [0.1, 0.15) is 24.5 Å². The highest BCUT2D eigenvalue weighted by molar-refractivity contribution is 6.30. The van der Waals surface area contributed by atoms with Crippen LogP contribution < -0.4 is 10.1 Å². The molecule has 0 spiro atoms. The molecule has 0 saturated heterocycles. The molecule has 1 aromatic heterocycles. The summed E-state index contributed by atoms with van der Waals surface area (Å²) in [5.74, 6) is 1.59. The molecule has 106 valence electrons. The number of rotatable bonds is 6. The van der Waals surface area contributed by atoms with Crippen molar-refractivity contribution in [2.24, 2.45) is 0 Å². The SMILES string of the molecule is CCCNCc1cnccc1Oc1cc(Cl)ccc1C. The summed E-state index contributed by atoms with van der Waals surface area (Å²) >= 11 is 6.02. The number of ether oxygens (including phenoxy) is 1. The van der Waals surface area contributed by atoms with Crippen molar-refractivity contribution in [2.75, 3.05) is 6.54 Å². The first-order valence-electron chi connectivity index (χ1n) is 6.78. The topological polar surface area (TPSA) is 34.2 Å². The van der Waals surface area contributed by atoms with Gasteiger partial charge in [-0.05, 0) is 43.7 Å². The average Bonchev–Trinajstić information content (AvgIpc) is 2.45. The van der Waals surface area contributed by atoms with Crippen LogP contribution in [0.15, 0.2) is 36.7 Å². The Morgan fingerprint density at radius 1 is 1.25 bits per heavy atom. The van der Waals surface area contributed by atoms with Gasteiger partial charge in [-0.15, -0.1) is 0 Å². The Morgan fingerprint density at radius 2 is 2.10 bits per heavy atom. The van der Waals surface area contributed by atoms with Gasteiger partial charge in [-0.2, -0.15) is 0 Å². The van der Waals surface area contributed by atoms with E-state index in [0.29, 0.717) is 5.02 Å². The number of nitrogens with one attached hydrogen (secondary N) is 1. The Hall–Kier alpha value is -1.58. The molecule has 1 N–H and O–H groups in total. The minimum Gasteiger partial charge on any atom is -0.457 e. The number of nitrogens with zero attached hydrogens (tertiary/aromatic N) is 1. The highest BCUT2D eigenvalue weighted by atomic mass is 35.5. The Labute approximate surface area is 124 Å². The van der Waals surface area contributed by atoms with Gasteiger partial charge in [0.25, 0.3) is 0 Å². The van der Waals surface area contributed by atoms with E-state index >= 15 is 0 Å². The van der Waals surface area contributed by atoms with Crippen molar-refractivity contribution in [3.8, 4) is 11.5 Å². The van der Waals surface area contributed by atoms with Crippen molar-refractivity contribution in [2.45, 2.75) is 26.8 Å². The van der Waals surface area contributed by atoms with Gasteiger partial charge in [0.2, 0.25) is 0 Å². The lowest BCUT2D eigenvalue weighted by Gasteiger charge is -2.13. The van der Waals surface area contributed by atoms with Gasteiger partial charge < -0.3 is 10.1 Å². The molecule has 0 amide bonds. The van der Waals surface area contributed by atoms with Crippen molar-refractivity contribution >= 4 is 11.6 Å². The maximum atomic E-state index is 6.02. The summed E-state index contributed by atoms with van der Waals surface area (Å²) in [4.78, 5) is 4.16. The third-order valence-electron chi connectivity index (χ3n) is 2.97. The Kier molecular flexibility index (Phi) is 5.39. The fourth-order valence-corrected chi connectivity index (χ4v) is 2.01. The van der Waals surface area contributed by atoms with Crippen LogP contribution in [0.3, 0.4) is 0 Å². The average molecular weight is 291 g/mol. The molecule has 3 nitrogen and oxygen atoms in total. The van der Waals surface area contributed by atoms with Crippen LogP contribution in [0.4, 0.5) is 0 Å². The van der Waals surface area contributed by atoms with E-state index in [0.717, 1.165) is 42.1 Å². The molecule has 0 atom stereocenters. The molecular formula is C16H19ClN2O. The van der Waals surface area contributed by atoms with E-state index in [9.17, 15) is 0 Å². The lowest BCUT2D eigenvalue weighted by atomic mass is 10.2. The van der Waals surface area contributed by atoms with Crippen LogP contribution in [0, 0.1) is 6.92 Å². The first kappa shape index (κ1) is 14.8. The number of aromatic nitrogens is 1. The molecule has 0 aliphatic carbocycles. The molecule has 0 fully saturated rings. The fraction of sp³-hybridized carbons (Fsp3) is 0.312. The summed E-state index contributed by atoms with van der Waals surface area (Å²) in [6.07, 6.45) is 4.67. The quantitative estimate of drug-likeness (QED) is 0.804. The number of hydrogen-bond acceptors (Lipinski definition) is 3. The number of halogens is 1. The zero-order valence-electron chi connectivity index (χ0n) is 11.8. The van der Waals surface area contributed by atoms with E-state index in [-0.39, 0.29) is 0 Å². The molecule has 0 aliphatic heterocycles. The van der Waals surface area contributed by atoms with Crippen LogP contribution in [0.5, 0.6) is 11.5 Å². The summed E-state index contributed by atoms with van der Waals surface area (Å²) in [7, 11) is 0. The predicted octanol–water partition coefficient (Wildman–Crippen LogP) is 4.34. The van der Waals surface area contributed by atoms with Crippen LogP contribution in [0.2, 0.25) is 5.02 Å². The molecule has 0 bridgehead atoms. The third-order valence-corrected chi connectivity index (χ3v) is 3.21. The van der Waals surface area contributed by atoms with Crippen LogP contribution in [-0.2, 0) is 6.54 Å². The zero-order valence-corrected chi connectivity index (χ0v) is 12.6.